The molecule has 6 rings (SSSR count). The number of aromatic nitrogens is 1. The zero-order valence-corrected chi connectivity index (χ0v) is 19.6. The van der Waals surface area contributed by atoms with E-state index in [9.17, 15) is 0 Å². The van der Waals surface area contributed by atoms with Gasteiger partial charge in [-0.3, -0.25) is 0 Å². The predicted octanol–water partition coefficient (Wildman–Crippen LogP) is 7.16. The van der Waals surface area contributed by atoms with Crippen molar-refractivity contribution < 1.29 is 9.30 Å². The van der Waals surface area contributed by atoms with Crippen LogP contribution in [0.2, 0.25) is 0 Å². The first kappa shape index (κ1) is 19.3. The van der Waals surface area contributed by atoms with Gasteiger partial charge in [0.2, 0.25) is 5.75 Å². The van der Waals surface area contributed by atoms with Crippen LogP contribution in [0.4, 0.5) is 0 Å². The van der Waals surface area contributed by atoms with Crippen LogP contribution in [0, 0.1) is 31.6 Å². The van der Waals surface area contributed by atoms with Gasteiger partial charge >= 0.3 is 0 Å². The van der Waals surface area contributed by atoms with Crippen molar-refractivity contribution in [2.24, 2.45) is 24.8 Å². The standard InChI is InChI=1S/C29H34NO/c1-16(2)10-20-13-22-11-17(3)18(4)26-27(22)25(15-20)31-29-23(8-9-30(5)28(26)29)24-14-19-6-7-21(24)12-19/h8-9,11,13,15-16,19,21,24H,6-7,10,12,14H2,1-5H3/q+1. The highest BCUT2D eigenvalue weighted by Gasteiger charge is 2.43. The van der Waals surface area contributed by atoms with E-state index < -0.39 is 0 Å². The largest absolute Gasteiger partial charge is 0.449 e. The van der Waals surface area contributed by atoms with Gasteiger partial charge in [0.15, 0.2) is 6.20 Å². The third-order valence-electron chi connectivity index (χ3n) is 8.32. The van der Waals surface area contributed by atoms with E-state index in [1.807, 2.05) is 0 Å². The Hall–Kier alpha value is -2.35. The van der Waals surface area contributed by atoms with Crippen LogP contribution < -0.4 is 9.30 Å². The number of hydrogen-bond acceptors (Lipinski definition) is 1. The summed E-state index contributed by atoms with van der Waals surface area (Å²) in [7, 11) is 2.18. The maximum atomic E-state index is 6.88. The lowest BCUT2D eigenvalue weighted by atomic mass is 9.81. The van der Waals surface area contributed by atoms with Crippen LogP contribution in [0.5, 0.6) is 11.5 Å². The highest BCUT2D eigenvalue weighted by atomic mass is 16.5. The summed E-state index contributed by atoms with van der Waals surface area (Å²) in [5.41, 5.74) is 8.25. The molecule has 0 radical (unpaired) electrons. The molecule has 3 atom stereocenters. The van der Waals surface area contributed by atoms with Crippen molar-refractivity contribution in [3.05, 3.63) is 52.7 Å². The average Bonchev–Trinajstić information content (AvgIpc) is 3.34. The molecule has 3 aliphatic rings. The molecular weight excluding hydrogens is 378 g/mol. The Balaban J connectivity index is 1.62. The molecular formula is C29H34NO+. The van der Waals surface area contributed by atoms with Crippen molar-refractivity contribution in [1.29, 1.82) is 0 Å². The Bertz CT molecular complexity index is 1220. The molecule has 3 aromatic rings. The summed E-state index contributed by atoms with van der Waals surface area (Å²) in [5.74, 6) is 5.27. The number of pyridine rings is 1. The Morgan fingerprint density at radius 1 is 1.10 bits per heavy atom. The van der Waals surface area contributed by atoms with Gasteiger partial charge in [-0.1, -0.05) is 32.4 Å². The molecule has 2 heterocycles. The van der Waals surface area contributed by atoms with Gasteiger partial charge in [0, 0.05) is 17.0 Å². The molecule has 31 heavy (non-hydrogen) atoms. The molecule has 2 fully saturated rings. The molecule has 2 aromatic carbocycles. The minimum Gasteiger partial charge on any atom is -0.449 e. The first-order chi connectivity index (χ1) is 14.9. The van der Waals surface area contributed by atoms with Gasteiger partial charge in [0.1, 0.15) is 12.8 Å². The molecule has 2 bridgehead atoms. The van der Waals surface area contributed by atoms with Crippen molar-refractivity contribution in [3.63, 3.8) is 0 Å². The second kappa shape index (κ2) is 6.82. The normalized spacial score (nSPS) is 23.5. The predicted molar refractivity (Wildman–Crippen MR) is 127 cm³/mol. The fourth-order valence-electron chi connectivity index (χ4n) is 6.83. The lowest BCUT2D eigenvalue weighted by Crippen LogP contribution is -2.33. The number of aryl methyl sites for hydroxylation is 2. The summed E-state index contributed by atoms with van der Waals surface area (Å²) in [6.45, 7) is 9.14. The maximum absolute atomic E-state index is 6.88. The Morgan fingerprint density at radius 2 is 1.94 bits per heavy atom. The summed E-state index contributed by atoms with van der Waals surface area (Å²) >= 11 is 0. The second-order valence-corrected chi connectivity index (χ2v) is 10.9. The second-order valence-electron chi connectivity index (χ2n) is 10.9. The molecule has 2 heteroatoms. The molecule has 2 nitrogen and oxygen atoms in total. The van der Waals surface area contributed by atoms with E-state index >= 15 is 0 Å². The average molecular weight is 413 g/mol. The number of benzene rings is 2. The van der Waals surface area contributed by atoms with Crippen molar-refractivity contribution in [1.82, 2.24) is 0 Å². The molecule has 160 valence electrons. The van der Waals surface area contributed by atoms with Crippen LogP contribution in [0.1, 0.15) is 67.7 Å². The first-order valence-corrected chi connectivity index (χ1v) is 12.2. The molecule has 1 aromatic heterocycles. The van der Waals surface area contributed by atoms with Crippen molar-refractivity contribution in [2.75, 3.05) is 0 Å². The van der Waals surface area contributed by atoms with Crippen molar-refractivity contribution in [3.8, 4) is 22.8 Å². The topological polar surface area (TPSA) is 13.1 Å². The zero-order chi connectivity index (χ0) is 21.4. The van der Waals surface area contributed by atoms with Gasteiger partial charge in [0.25, 0.3) is 5.69 Å². The molecule has 0 spiro atoms. The lowest BCUT2D eigenvalue weighted by Gasteiger charge is -2.28. The van der Waals surface area contributed by atoms with E-state index in [0.29, 0.717) is 11.8 Å². The summed E-state index contributed by atoms with van der Waals surface area (Å²) < 4.78 is 9.17. The molecule has 2 aliphatic carbocycles. The van der Waals surface area contributed by atoms with Gasteiger partial charge in [0.05, 0.1) is 5.56 Å². The SMILES string of the molecule is Cc1cc2cc(CC(C)C)cc3c2c(c1C)-c1c(c(C2CC4CCC2C4)cc[n+]1C)O3. The number of hydrogen-bond donors (Lipinski definition) is 0. The van der Waals surface area contributed by atoms with E-state index in [4.69, 9.17) is 4.74 Å². The molecule has 1 aliphatic heterocycles. The van der Waals surface area contributed by atoms with E-state index in [2.05, 4.69) is 69.8 Å². The highest BCUT2D eigenvalue weighted by molar-refractivity contribution is 6.05. The third kappa shape index (κ3) is 2.87. The number of ether oxygens (including phenoxy) is 1. The van der Waals surface area contributed by atoms with Crippen LogP contribution in [0.25, 0.3) is 22.0 Å². The lowest BCUT2D eigenvalue weighted by molar-refractivity contribution is -0.660. The minimum atomic E-state index is 0.633. The van der Waals surface area contributed by atoms with Gasteiger partial charge in [-0.2, -0.15) is 4.57 Å². The van der Waals surface area contributed by atoms with Crippen molar-refractivity contribution in [2.45, 2.75) is 65.7 Å². The number of rotatable bonds is 3. The molecule has 3 unspecified atom stereocenters. The van der Waals surface area contributed by atoms with Crippen molar-refractivity contribution >= 4 is 10.8 Å². The van der Waals surface area contributed by atoms with Crippen LogP contribution in [0.15, 0.2) is 30.5 Å². The van der Waals surface area contributed by atoms with Gasteiger partial charge in [-0.15, -0.1) is 0 Å². The van der Waals surface area contributed by atoms with E-state index in [1.54, 1.807) is 0 Å². The molecule has 2 saturated carbocycles. The quantitative estimate of drug-likeness (QED) is 0.325. The molecule has 0 saturated heterocycles. The Morgan fingerprint density at radius 3 is 2.65 bits per heavy atom. The van der Waals surface area contributed by atoms with E-state index in [-0.39, 0.29) is 0 Å². The van der Waals surface area contributed by atoms with Gasteiger partial charge in [-0.25, -0.2) is 0 Å². The van der Waals surface area contributed by atoms with E-state index in [0.717, 1.165) is 29.8 Å². The van der Waals surface area contributed by atoms with Crippen LogP contribution in [-0.4, -0.2) is 0 Å². The fraction of sp³-hybridized carbons (Fsp3) is 0.483. The molecule has 0 amide bonds. The highest BCUT2D eigenvalue weighted by Crippen LogP contribution is 2.57. The number of fused-ring (bicyclic) bond motifs is 4. The van der Waals surface area contributed by atoms with Crippen LogP contribution in [0.3, 0.4) is 0 Å². The monoisotopic (exact) mass is 412 g/mol. The van der Waals surface area contributed by atoms with Gasteiger partial charge in [-0.05, 0) is 91.3 Å². The molecule has 0 N–H and O–H groups in total. The smallest absolute Gasteiger partial charge is 0.256 e. The zero-order valence-electron chi connectivity index (χ0n) is 19.6. The number of nitrogens with zero attached hydrogens (tertiary/aromatic N) is 1. The van der Waals surface area contributed by atoms with Crippen LogP contribution >= 0.6 is 0 Å². The summed E-state index contributed by atoms with van der Waals surface area (Å²) in [4.78, 5) is 0. The fourth-order valence-corrected chi connectivity index (χ4v) is 6.83. The Labute approximate surface area is 186 Å². The van der Waals surface area contributed by atoms with Crippen LogP contribution in [-0.2, 0) is 13.5 Å². The Kier molecular flexibility index (Phi) is 4.26. The van der Waals surface area contributed by atoms with Gasteiger partial charge < -0.3 is 4.74 Å². The summed E-state index contributed by atoms with van der Waals surface area (Å²) in [6.07, 6.45) is 8.95. The first-order valence-electron chi connectivity index (χ1n) is 12.2. The van der Waals surface area contributed by atoms with E-state index in [1.165, 1.54) is 70.0 Å². The summed E-state index contributed by atoms with van der Waals surface area (Å²) in [5, 5.41) is 2.62. The minimum absolute atomic E-state index is 0.633. The summed E-state index contributed by atoms with van der Waals surface area (Å²) in [6, 6.07) is 9.43. The maximum Gasteiger partial charge on any atom is 0.256 e. The third-order valence-corrected chi connectivity index (χ3v) is 8.32.